The van der Waals surface area contributed by atoms with Crippen LogP contribution in [0.4, 0.5) is 0 Å². The Morgan fingerprint density at radius 1 is 1.36 bits per heavy atom. The van der Waals surface area contributed by atoms with Gasteiger partial charge in [-0.1, -0.05) is 24.3 Å². The molecular weight excluding hydrogens is 174 g/mol. The summed E-state index contributed by atoms with van der Waals surface area (Å²) in [4.78, 5) is 4.36. The number of hydrogen-bond acceptors (Lipinski definition) is 2. The third-order valence-corrected chi connectivity index (χ3v) is 2.78. The van der Waals surface area contributed by atoms with Gasteiger partial charge in [-0.15, -0.1) is 0 Å². The van der Waals surface area contributed by atoms with Crippen LogP contribution in [0.25, 0.3) is 0 Å². The molecule has 0 spiro atoms. The highest BCUT2D eigenvalue weighted by atomic mass is 15.2. The minimum atomic E-state index is 0.413. The topological polar surface area (TPSA) is 41.6 Å². The van der Waals surface area contributed by atoms with Crippen molar-refractivity contribution in [2.75, 3.05) is 0 Å². The van der Waals surface area contributed by atoms with E-state index in [1.807, 2.05) is 6.92 Å². The molecule has 0 radical (unpaired) electrons. The van der Waals surface area contributed by atoms with E-state index in [2.05, 4.69) is 39.4 Å². The number of aromatic amines is 1. The smallest absolute Gasteiger partial charge is 0.158 e. The van der Waals surface area contributed by atoms with Crippen LogP contribution < -0.4 is 0 Å². The van der Waals surface area contributed by atoms with Gasteiger partial charge in [0.25, 0.3) is 0 Å². The molecule has 2 aromatic rings. The van der Waals surface area contributed by atoms with Crippen molar-refractivity contribution in [3.05, 3.63) is 47.0 Å². The zero-order valence-corrected chi connectivity index (χ0v) is 7.99. The van der Waals surface area contributed by atoms with Crippen molar-refractivity contribution >= 4 is 0 Å². The van der Waals surface area contributed by atoms with Gasteiger partial charge in [0.1, 0.15) is 5.82 Å². The van der Waals surface area contributed by atoms with Crippen molar-refractivity contribution in [3.63, 3.8) is 0 Å². The average Bonchev–Trinajstić information content (AvgIpc) is 2.54. The molecule has 0 bridgehead atoms. The molecule has 70 valence electrons. The lowest BCUT2D eigenvalue weighted by atomic mass is 9.77. The van der Waals surface area contributed by atoms with Gasteiger partial charge in [-0.05, 0) is 24.5 Å². The summed E-state index contributed by atoms with van der Waals surface area (Å²) in [6.45, 7) is 1.93. The van der Waals surface area contributed by atoms with Crippen LogP contribution in [0.1, 0.15) is 28.7 Å². The Morgan fingerprint density at radius 2 is 2.21 bits per heavy atom. The van der Waals surface area contributed by atoms with Gasteiger partial charge < -0.3 is 0 Å². The van der Waals surface area contributed by atoms with E-state index in [0.717, 1.165) is 18.1 Å². The Kier molecular flexibility index (Phi) is 1.48. The van der Waals surface area contributed by atoms with Gasteiger partial charge in [-0.2, -0.15) is 5.10 Å². The second-order valence-corrected chi connectivity index (χ2v) is 3.73. The fraction of sp³-hybridized carbons (Fsp3) is 0.273. The molecule has 1 N–H and O–H groups in total. The largest absolute Gasteiger partial charge is 0.263 e. The quantitative estimate of drug-likeness (QED) is 0.736. The molecule has 1 aliphatic carbocycles. The second kappa shape index (κ2) is 2.67. The van der Waals surface area contributed by atoms with E-state index in [-0.39, 0.29) is 0 Å². The van der Waals surface area contributed by atoms with E-state index in [0.29, 0.717) is 5.92 Å². The highest BCUT2D eigenvalue weighted by Gasteiger charge is 2.29. The number of rotatable bonds is 1. The summed E-state index contributed by atoms with van der Waals surface area (Å²) >= 11 is 0. The van der Waals surface area contributed by atoms with Crippen molar-refractivity contribution in [3.8, 4) is 0 Å². The molecule has 1 aliphatic rings. The fourth-order valence-corrected chi connectivity index (χ4v) is 2.01. The van der Waals surface area contributed by atoms with Crippen LogP contribution >= 0.6 is 0 Å². The molecule has 14 heavy (non-hydrogen) atoms. The van der Waals surface area contributed by atoms with Crippen LogP contribution in [0.5, 0.6) is 0 Å². The molecule has 1 heterocycles. The Hall–Kier alpha value is -1.64. The molecule has 0 fully saturated rings. The maximum Gasteiger partial charge on any atom is 0.158 e. The van der Waals surface area contributed by atoms with Gasteiger partial charge in [-0.25, -0.2) is 4.98 Å². The average molecular weight is 185 g/mol. The summed E-state index contributed by atoms with van der Waals surface area (Å²) in [6, 6.07) is 8.49. The van der Waals surface area contributed by atoms with E-state index >= 15 is 0 Å². The lowest BCUT2D eigenvalue weighted by Crippen LogP contribution is -2.19. The van der Waals surface area contributed by atoms with Gasteiger partial charge in [0, 0.05) is 0 Å². The Balaban J connectivity index is 1.99. The number of aromatic nitrogens is 3. The first-order valence-electron chi connectivity index (χ1n) is 4.81. The minimum Gasteiger partial charge on any atom is -0.263 e. The SMILES string of the molecule is Cc1nc(C2Cc3ccccc32)n[nH]1. The Morgan fingerprint density at radius 3 is 2.93 bits per heavy atom. The number of H-pyrrole nitrogens is 1. The zero-order chi connectivity index (χ0) is 9.54. The predicted octanol–water partition coefficient (Wildman–Crippen LogP) is 1.80. The maximum absolute atomic E-state index is 4.36. The van der Waals surface area contributed by atoms with E-state index in [1.165, 1.54) is 11.1 Å². The zero-order valence-electron chi connectivity index (χ0n) is 7.99. The molecule has 0 saturated heterocycles. The number of hydrogen-bond donors (Lipinski definition) is 1. The van der Waals surface area contributed by atoms with Crippen molar-refractivity contribution in [2.45, 2.75) is 19.3 Å². The fourth-order valence-electron chi connectivity index (χ4n) is 2.01. The Labute approximate surface area is 82.2 Å². The van der Waals surface area contributed by atoms with E-state index in [1.54, 1.807) is 0 Å². The molecule has 3 heteroatoms. The normalized spacial score (nSPS) is 18.8. The predicted molar refractivity (Wildman–Crippen MR) is 53.1 cm³/mol. The van der Waals surface area contributed by atoms with Crippen LogP contribution in [0.15, 0.2) is 24.3 Å². The first-order valence-corrected chi connectivity index (χ1v) is 4.81. The number of nitrogens with one attached hydrogen (secondary N) is 1. The van der Waals surface area contributed by atoms with Crippen LogP contribution in [0.3, 0.4) is 0 Å². The van der Waals surface area contributed by atoms with E-state index < -0.39 is 0 Å². The highest BCUT2D eigenvalue weighted by Crippen LogP contribution is 2.37. The molecule has 3 rings (SSSR count). The molecule has 0 amide bonds. The Bertz CT molecular complexity index is 473. The van der Waals surface area contributed by atoms with Crippen molar-refractivity contribution < 1.29 is 0 Å². The van der Waals surface area contributed by atoms with Crippen molar-refractivity contribution in [1.29, 1.82) is 0 Å². The lowest BCUT2D eigenvalue weighted by Gasteiger charge is -2.27. The van der Waals surface area contributed by atoms with E-state index in [4.69, 9.17) is 0 Å². The van der Waals surface area contributed by atoms with Gasteiger partial charge in [0.2, 0.25) is 0 Å². The molecule has 0 saturated carbocycles. The number of benzene rings is 1. The number of nitrogens with zero attached hydrogens (tertiary/aromatic N) is 2. The molecule has 3 nitrogen and oxygen atoms in total. The van der Waals surface area contributed by atoms with Crippen molar-refractivity contribution in [2.24, 2.45) is 0 Å². The number of fused-ring (bicyclic) bond motifs is 1. The molecule has 1 aromatic heterocycles. The van der Waals surface area contributed by atoms with Gasteiger partial charge in [0.15, 0.2) is 5.82 Å². The first-order chi connectivity index (χ1) is 6.84. The monoisotopic (exact) mass is 185 g/mol. The minimum absolute atomic E-state index is 0.413. The van der Waals surface area contributed by atoms with Crippen molar-refractivity contribution in [1.82, 2.24) is 15.2 Å². The second-order valence-electron chi connectivity index (χ2n) is 3.73. The molecule has 1 aromatic carbocycles. The summed E-state index contributed by atoms with van der Waals surface area (Å²) in [5, 5.41) is 7.09. The van der Waals surface area contributed by atoms with Crippen LogP contribution in [0.2, 0.25) is 0 Å². The third kappa shape index (κ3) is 0.985. The number of aryl methyl sites for hydroxylation is 1. The van der Waals surface area contributed by atoms with Gasteiger partial charge in [-0.3, -0.25) is 5.10 Å². The lowest BCUT2D eigenvalue weighted by molar-refractivity contribution is 0.663. The van der Waals surface area contributed by atoms with Crippen LogP contribution in [-0.4, -0.2) is 15.2 Å². The molecular formula is C11H11N3. The standard InChI is InChI=1S/C11H11N3/c1-7-12-11(14-13-7)10-6-8-4-2-3-5-9(8)10/h2-5,10H,6H2,1H3,(H,12,13,14). The van der Waals surface area contributed by atoms with Gasteiger partial charge in [0.05, 0.1) is 5.92 Å². The maximum atomic E-state index is 4.36. The molecule has 1 unspecified atom stereocenters. The summed E-state index contributed by atoms with van der Waals surface area (Å²) < 4.78 is 0. The summed E-state index contributed by atoms with van der Waals surface area (Å²) in [7, 11) is 0. The third-order valence-electron chi connectivity index (χ3n) is 2.78. The van der Waals surface area contributed by atoms with Crippen LogP contribution in [0, 0.1) is 6.92 Å². The summed E-state index contributed by atoms with van der Waals surface area (Å²) in [5.74, 6) is 2.24. The first kappa shape index (κ1) is 7.74. The van der Waals surface area contributed by atoms with Gasteiger partial charge >= 0.3 is 0 Å². The van der Waals surface area contributed by atoms with Crippen LogP contribution in [-0.2, 0) is 6.42 Å². The summed E-state index contributed by atoms with van der Waals surface area (Å²) in [5.41, 5.74) is 2.81. The summed E-state index contributed by atoms with van der Waals surface area (Å²) in [6.07, 6.45) is 1.08. The highest BCUT2D eigenvalue weighted by molar-refractivity contribution is 5.43. The molecule has 0 aliphatic heterocycles. The molecule has 1 atom stereocenters. The van der Waals surface area contributed by atoms with E-state index in [9.17, 15) is 0 Å².